The summed E-state index contributed by atoms with van der Waals surface area (Å²) in [5.74, 6) is -0.212. The SMILES string of the molecule is NC(=O)CC(c1ccccc1)C(Br)Br. The molecular formula is C10H11Br2NO. The van der Waals surface area contributed by atoms with Gasteiger partial charge in [0.15, 0.2) is 0 Å². The molecule has 0 saturated carbocycles. The lowest BCUT2D eigenvalue weighted by molar-refractivity contribution is -0.118. The van der Waals surface area contributed by atoms with Crippen LogP contribution < -0.4 is 5.73 Å². The van der Waals surface area contributed by atoms with Gasteiger partial charge in [0.1, 0.15) is 0 Å². The molecule has 1 aromatic carbocycles. The first-order valence-corrected chi connectivity index (χ1v) is 6.06. The number of carbonyl (C=O) groups excluding carboxylic acids is 1. The van der Waals surface area contributed by atoms with Crippen LogP contribution in [0.15, 0.2) is 30.3 Å². The lowest BCUT2D eigenvalue weighted by Gasteiger charge is -2.16. The lowest BCUT2D eigenvalue weighted by atomic mass is 9.98. The molecule has 0 radical (unpaired) electrons. The van der Waals surface area contributed by atoms with E-state index in [-0.39, 0.29) is 15.6 Å². The Hall–Kier alpha value is -0.350. The van der Waals surface area contributed by atoms with E-state index in [1.54, 1.807) is 0 Å². The van der Waals surface area contributed by atoms with Gasteiger partial charge >= 0.3 is 0 Å². The maximum atomic E-state index is 10.9. The van der Waals surface area contributed by atoms with Crippen molar-refractivity contribution in [2.24, 2.45) is 5.73 Å². The number of carbonyl (C=O) groups is 1. The van der Waals surface area contributed by atoms with Crippen molar-refractivity contribution in [3.05, 3.63) is 35.9 Å². The molecule has 1 amide bonds. The van der Waals surface area contributed by atoms with Gasteiger partial charge in [-0.05, 0) is 5.56 Å². The van der Waals surface area contributed by atoms with E-state index in [0.717, 1.165) is 5.56 Å². The van der Waals surface area contributed by atoms with Crippen LogP contribution in [0, 0.1) is 0 Å². The third-order valence-corrected chi connectivity index (χ3v) is 3.23. The van der Waals surface area contributed by atoms with Gasteiger partial charge < -0.3 is 5.73 Å². The van der Waals surface area contributed by atoms with E-state index in [0.29, 0.717) is 6.42 Å². The highest BCUT2D eigenvalue weighted by molar-refractivity contribution is 9.24. The molecule has 2 N–H and O–H groups in total. The lowest BCUT2D eigenvalue weighted by Crippen LogP contribution is -2.18. The Balaban J connectivity index is 2.83. The van der Waals surface area contributed by atoms with Gasteiger partial charge in [-0.15, -0.1) is 0 Å². The Kier molecular flexibility index (Phi) is 4.62. The van der Waals surface area contributed by atoms with E-state index >= 15 is 0 Å². The largest absolute Gasteiger partial charge is 0.370 e. The summed E-state index contributed by atoms with van der Waals surface area (Å²) in [6.07, 6.45) is 0.338. The zero-order valence-electron chi connectivity index (χ0n) is 7.49. The summed E-state index contributed by atoms with van der Waals surface area (Å²) < 4.78 is 0.0601. The number of nitrogens with two attached hydrogens (primary N) is 1. The van der Waals surface area contributed by atoms with Crippen LogP contribution in [0.5, 0.6) is 0 Å². The second-order valence-electron chi connectivity index (χ2n) is 3.02. The van der Waals surface area contributed by atoms with Gasteiger partial charge in [0, 0.05) is 12.3 Å². The van der Waals surface area contributed by atoms with Crippen molar-refractivity contribution < 1.29 is 4.79 Å². The van der Waals surface area contributed by atoms with Crippen molar-refractivity contribution in [3.8, 4) is 0 Å². The van der Waals surface area contributed by atoms with E-state index in [2.05, 4.69) is 31.9 Å². The van der Waals surface area contributed by atoms with Crippen LogP contribution >= 0.6 is 31.9 Å². The van der Waals surface area contributed by atoms with Gasteiger partial charge in [-0.25, -0.2) is 0 Å². The van der Waals surface area contributed by atoms with Crippen molar-refractivity contribution in [2.45, 2.75) is 16.1 Å². The van der Waals surface area contributed by atoms with Crippen molar-refractivity contribution in [3.63, 3.8) is 0 Å². The van der Waals surface area contributed by atoms with Gasteiger partial charge in [0.05, 0.1) is 3.74 Å². The highest BCUT2D eigenvalue weighted by Crippen LogP contribution is 2.31. The molecule has 1 rings (SSSR count). The fourth-order valence-corrected chi connectivity index (χ4v) is 2.25. The molecule has 1 atom stereocenters. The summed E-state index contributed by atoms with van der Waals surface area (Å²) in [4.78, 5) is 10.9. The van der Waals surface area contributed by atoms with E-state index in [1.165, 1.54) is 0 Å². The summed E-state index contributed by atoms with van der Waals surface area (Å²) in [6.45, 7) is 0. The molecule has 0 aliphatic carbocycles. The molecule has 0 aromatic heterocycles. The smallest absolute Gasteiger partial charge is 0.218 e. The molecule has 0 spiro atoms. The molecule has 0 fully saturated rings. The van der Waals surface area contributed by atoms with Crippen LogP contribution in [0.1, 0.15) is 17.9 Å². The Morgan fingerprint density at radius 2 is 1.86 bits per heavy atom. The topological polar surface area (TPSA) is 43.1 Å². The van der Waals surface area contributed by atoms with Gasteiger partial charge in [-0.1, -0.05) is 62.2 Å². The average Bonchev–Trinajstić information content (AvgIpc) is 2.15. The predicted octanol–water partition coefficient (Wildman–Crippen LogP) is 2.76. The zero-order chi connectivity index (χ0) is 10.6. The highest BCUT2D eigenvalue weighted by atomic mass is 79.9. The van der Waals surface area contributed by atoms with E-state index in [4.69, 9.17) is 5.73 Å². The van der Waals surface area contributed by atoms with Gasteiger partial charge in [0.25, 0.3) is 0 Å². The van der Waals surface area contributed by atoms with Gasteiger partial charge in [-0.2, -0.15) is 0 Å². The minimum atomic E-state index is -0.289. The van der Waals surface area contributed by atoms with Crippen molar-refractivity contribution >= 4 is 37.8 Å². The summed E-state index contributed by atoms with van der Waals surface area (Å²) in [6, 6.07) is 9.83. The minimum Gasteiger partial charge on any atom is -0.370 e. The molecule has 0 aliphatic heterocycles. The summed E-state index contributed by atoms with van der Waals surface area (Å²) in [7, 11) is 0. The Labute approximate surface area is 100 Å². The third-order valence-electron chi connectivity index (χ3n) is 1.95. The van der Waals surface area contributed by atoms with Gasteiger partial charge in [-0.3, -0.25) is 4.79 Å². The second-order valence-corrected chi connectivity index (χ2v) is 6.22. The van der Waals surface area contributed by atoms with E-state index in [1.807, 2.05) is 30.3 Å². The van der Waals surface area contributed by atoms with Crippen molar-refractivity contribution in [2.75, 3.05) is 0 Å². The van der Waals surface area contributed by atoms with Crippen LogP contribution in [0.4, 0.5) is 0 Å². The Bertz CT molecular complexity index is 300. The van der Waals surface area contributed by atoms with Crippen LogP contribution in [0.2, 0.25) is 0 Å². The first-order chi connectivity index (χ1) is 6.61. The Morgan fingerprint density at radius 3 is 2.29 bits per heavy atom. The molecule has 1 aromatic rings. The maximum absolute atomic E-state index is 10.9. The second kappa shape index (κ2) is 5.51. The average molecular weight is 321 g/mol. The summed E-state index contributed by atoms with van der Waals surface area (Å²) in [5.41, 5.74) is 6.29. The fraction of sp³-hybridized carbons (Fsp3) is 0.300. The number of hydrogen-bond donors (Lipinski definition) is 1. The highest BCUT2D eigenvalue weighted by Gasteiger charge is 2.20. The molecular weight excluding hydrogens is 310 g/mol. The summed E-state index contributed by atoms with van der Waals surface area (Å²) >= 11 is 6.83. The molecule has 0 aliphatic rings. The van der Waals surface area contributed by atoms with Crippen LogP contribution in [-0.2, 0) is 4.79 Å². The summed E-state index contributed by atoms with van der Waals surface area (Å²) in [5, 5.41) is 0. The molecule has 4 heteroatoms. The van der Waals surface area contributed by atoms with Crippen molar-refractivity contribution in [1.82, 2.24) is 0 Å². The quantitative estimate of drug-likeness (QED) is 0.852. The maximum Gasteiger partial charge on any atom is 0.218 e. The zero-order valence-corrected chi connectivity index (χ0v) is 10.7. The predicted molar refractivity (Wildman–Crippen MR) is 64.6 cm³/mol. The number of rotatable bonds is 4. The molecule has 0 saturated heterocycles. The standard InChI is InChI=1S/C10H11Br2NO/c11-10(12)8(6-9(13)14)7-4-2-1-3-5-7/h1-5,8,10H,6H2,(H2,13,14). The molecule has 76 valence electrons. The van der Waals surface area contributed by atoms with Gasteiger partial charge in [0.2, 0.25) is 5.91 Å². The number of primary amides is 1. The van der Waals surface area contributed by atoms with Crippen molar-refractivity contribution in [1.29, 1.82) is 0 Å². The molecule has 1 unspecified atom stereocenters. The Morgan fingerprint density at radius 1 is 1.29 bits per heavy atom. The first-order valence-electron chi connectivity index (χ1n) is 4.22. The molecule has 14 heavy (non-hydrogen) atoms. The van der Waals surface area contributed by atoms with E-state index < -0.39 is 0 Å². The minimum absolute atomic E-state index is 0.0601. The van der Waals surface area contributed by atoms with Crippen LogP contribution in [0.3, 0.4) is 0 Å². The number of benzene rings is 1. The van der Waals surface area contributed by atoms with Crippen LogP contribution in [-0.4, -0.2) is 9.64 Å². The molecule has 2 nitrogen and oxygen atoms in total. The number of alkyl halides is 2. The fourth-order valence-electron chi connectivity index (χ4n) is 1.27. The normalized spacial score (nSPS) is 12.8. The van der Waals surface area contributed by atoms with E-state index in [9.17, 15) is 4.79 Å². The number of amides is 1. The third kappa shape index (κ3) is 3.42. The molecule has 0 heterocycles. The molecule has 0 bridgehead atoms. The monoisotopic (exact) mass is 319 g/mol. The van der Waals surface area contributed by atoms with Crippen LogP contribution in [0.25, 0.3) is 0 Å². The first kappa shape index (κ1) is 11.7. The number of halogens is 2. The number of hydrogen-bond acceptors (Lipinski definition) is 1.